The zero-order valence-corrected chi connectivity index (χ0v) is 29.8. The first-order chi connectivity index (χ1) is 19.4. The number of hydrogen-bond acceptors (Lipinski definition) is 4. The fraction of sp³-hybridized carbons (Fsp3) is 0.314. The van der Waals surface area contributed by atoms with Gasteiger partial charge in [-0.2, -0.15) is 0 Å². The van der Waals surface area contributed by atoms with Gasteiger partial charge < -0.3 is 15.2 Å². The maximum atomic E-state index is 9.08. The van der Waals surface area contributed by atoms with Crippen LogP contribution in [0.3, 0.4) is 0 Å². The van der Waals surface area contributed by atoms with Crippen LogP contribution in [0.15, 0.2) is 97.1 Å². The minimum absolute atomic E-state index is 0. The summed E-state index contributed by atoms with van der Waals surface area (Å²) < 4.78 is 27.2. The summed E-state index contributed by atoms with van der Waals surface area (Å²) in [5.41, 5.74) is 14.1. The smallest absolute Gasteiger partial charge is 0.748 e. The Morgan fingerprint density at radius 2 is 1.16 bits per heavy atom. The Morgan fingerprint density at radius 1 is 0.721 bits per heavy atom. The van der Waals surface area contributed by atoms with E-state index in [9.17, 15) is 0 Å². The minimum atomic E-state index is -3.92. The van der Waals surface area contributed by atoms with Crippen LogP contribution >= 0.6 is 7.92 Å². The summed E-state index contributed by atoms with van der Waals surface area (Å²) in [6.07, 6.45) is 0.604. The van der Waals surface area contributed by atoms with Gasteiger partial charge >= 0.3 is 20.4 Å². The number of rotatable bonds is 4. The number of nitrogens with zero attached hydrogens (tertiary/aromatic N) is 1. The van der Waals surface area contributed by atoms with Crippen molar-refractivity contribution in [1.29, 1.82) is 0 Å². The van der Waals surface area contributed by atoms with Gasteiger partial charge in [0.1, 0.15) is 0 Å². The molecule has 0 aromatic heterocycles. The van der Waals surface area contributed by atoms with Crippen LogP contribution < -0.4 is 10.2 Å². The van der Waals surface area contributed by atoms with Crippen molar-refractivity contribution in [2.45, 2.75) is 51.9 Å². The summed E-state index contributed by atoms with van der Waals surface area (Å²) in [7, 11) is -0.00352. The molecule has 233 valence electrons. The molecule has 1 radical (unpaired) electrons. The van der Waals surface area contributed by atoms with Crippen molar-refractivity contribution >= 4 is 34.7 Å². The van der Waals surface area contributed by atoms with Gasteiger partial charge in [-0.3, -0.25) is 0 Å². The van der Waals surface area contributed by atoms with Crippen molar-refractivity contribution in [3.63, 3.8) is 0 Å². The Kier molecular flexibility index (Phi) is 14.8. The van der Waals surface area contributed by atoms with E-state index in [4.69, 9.17) is 18.7 Å². The zero-order chi connectivity index (χ0) is 31.7. The largest absolute Gasteiger partial charge is 2.00 e. The molecule has 0 aliphatic carbocycles. The first-order valence-electron chi connectivity index (χ1n) is 13.8. The fourth-order valence-corrected chi connectivity index (χ4v) is 9.12. The normalized spacial score (nSPS) is 11.3. The van der Waals surface area contributed by atoms with Crippen LogP contribution in [-0.4, -0.2) is 43.6 Å². The molecule has 0 saturated carbocycles. The van der Waals surface area contributed by atoms with E-state index < -0.39 is 10.1 Å². The molecular formula is C35H44N2O3PPdS. The van der Waals surface area contributed by atoms with Gasteiger partial charge in [0.25, 0.3) is 0 Å². The molecule has 43 heavy (non-hydrogen) atoms. The Labute approximate surface area is 275 Å². The quantitative estimate of drug-likeness (QED) is 0.120. The molecule has 0 fully saturated rings. The monoisotopic (exact) mass is 709 g/mol. The number of nitrogens with one attached hydrogen (secondary N) is 1. The molecule has 0 spiro atoms. The molecule has 4 rings (SSSR count). The summed E-state index contributed by atoms with van der Waals surface area (Å²) in [6, 6.07) is 36.1. The van der Waals surface area contributed by atoms with E-state index in [0.29, 0.717) is 11.9 Å². The van der Waals surface area contributed by atoms with Crippen molar-refractivity contribution in [3.05, 3.63) is 109 Å². The van der Waals surface area contributed by atoms with Crippen molar-refractivity contribution in [1.82, 2.24) is 0 Å². The Balaban J connectivity index is 0.000000406. The maximum Gasteiger partial charge on any atom is 2.00 e. The van der Waals surface area contributed by atoms with Crippen LogP contribution in [0, 0.1) is 6.07 Å². The van der Waals surface area contributed by atoms with E-state index >= 15 is 0 Å². The van der Waals surface area contributed by atoms with Gasteiger partial charge in [0.05, 0.1) is 10.1 Å². The molecule has 0 aliphatic rings. The Hall–Kier alpha value is -2.52. The molecule has 4 aromatic rings. The molecule has 0 bridgehead atoms. The van der Waals surface area contributed by atoms with E-state index in [0.717, 1.165) is 11.1 Å². The number of para-hydroxylation sites is 1. The standard InChI is InChI=1S/C22H32NP.C12H9N.CH4O3S.Pd/c1-21(2,3)24(22(4,5)6)20-16-12-10-14-18(20)17-13-9-11-15-19(17)23(7)8;13-12-9-5-4-8-11(12)10-6-2-1-3-7-10;1-5(2,3)4;/h9-16H,1-8H3;1-6,8-9,13H;1H3,(H,2,3,4);/q;-1;;+2/p-1. The van der Waals surface area contributed by atoms with Gasteiger partial charge in [-0.25, -0.2) is 8.42 Å². The molecule has 0 unspecified atom stereocenters. The maximum absolute atomic E-state index is 9.08. The summed E-state index contributed by atoms with van der Waals surface area (Å²) >= 11 is 0. The average Bonchev–Trinajstić information content (AvgIpc) is 2.88. The van der Waals surface area contributed by atoms with Gasteiger partial charge in [0.15, 0.2) is 0 Å². The number of anilines is 1. The van der Waals surface area contributed by atoms with Crippen molar-refractivity contribution in [2.75, 3.05) is 25.3 Å². The molecule has 0 amide bonds. The second kappa shape index (κ2) is 16.5. The number of benzene rings is 4. The fourth-order valence-electron chi connectivity index (χ4n) is 5.00. The Bertz CT molecular complexity index is 1510. The van der Waals surface area contributed by atoms with Gasteiger partial charge in [-0.1, -0.05) is 140 Å². The molecule has 8 heteroatoms. The van der Waals surface area contributed by atoms with Crippen LogP contribution in [0.4, 0.5) is 11.4 Å². The minimum Gasteiger partial charge on any atom is -0.748 e. The summed E-state index contributed by atoms with van der Waals surface area (Å²) in [5, 5.41) is 2.04. The molecular weight excluding hydrogens is 666 g/mol. The van der Waals surface area contributed by atoms with E-state index in [1.807, 2.05) is 42.5 Å². The van der Waals surface area contributed by atoms with Crippen LogP contribution in [0.1, 0.15) is 41.5 Å². The first kappa shape index (κ1) is 38.5. The molecule has 0 saturated heterocycles. The van der Waals surface area contributed by atoms with Crippen molar-refractivity contribution in [3.8, 4) is 22.3 Å². The first-order valence-corrected chi connectivity index (χ1v) is 16.9. The molecule has 1 N–H and O–H groups in total. The van der Waals surface area contributed by atoms with E-state index in [1.165, 1.54) is 22.1 Å². The van der Waals surface area contributed by atoms with Crippen molar-refractivity contribution in [2.24, 2.45) is 0 Å². The third-order valence-electron chi connectivity index (χ3n) is 6.09. The second-order valence-electron chi connectivity index (χ2n) is 12.1. The Morgan fingerprint density at radius 3 is 1.63 bits per heavy atom. The van der Waals surface area contributed by atoms with Crippen LogP contribution in [0.25, 0.3) is 28.0 Å². The molecule has 0 aliphatic heterocycles. The third-order valence-corrected chi connectivity index (χ3v) is 9.64. The predicted molar refractivity (Wildman–Crippen MR) is 183 cm³/mol. The van der Waals surface area contributed by atoms with Crippen LogP contribution in [0.2, 0.25) is 0 Å². The van der Waals surface area contributed by atoms with Gasteiger partial charge in [0.2, 0.25) is 0 Å². The number of hydrogen-bond donors (Lipinski definition) is 0. The third kappa shape index (κ3) is 12.5. The van der Waals surface area contributed by atoms with E-state index in [-0.39, 0.29) is 38.7 Å². The summed E-state index contributed by atoms with van der Waals surface area (Å²) in [4.78, 5) is 2.21. The van der Waals surface area contributed by atoms with Gasteiger partial charge in [-0.05, 0) is 44.4 Å². The topological polar surface area (TPSA) is 84.2 Å². The van der Waals surface area contributed by atoms with Crippen molar-refractivity contribution < 1.29 is 33.4 Å². The summed E-state index contributed by atoms with van der Waals surface area (Å²) in [6.45, 7) is 14.3. The molecule has 5 nitrogen and oxygen atoms in total. The van der Waals surface area contributed by atoms with Crippen LogP contribution in [-0.2, 0) is 30.5 Å². The zero-order valence-electron chi connectivity index (χ0n) is 26.6. The van der Waals surface area contributed by atoms with Crippen LogP contribution in [0.5, 0.6) is 0 Å². The van der Waals surface area contributed by atoms with E-state index in [2.05, 4.69) is 115 Å². The molecule has 4 aromatic carbocycles. The SMILES string of the molecule is CN(C)c1ccccc1-c1ccccc1P(C(C)(C)C)C(C)(C)C.CS(=O)(=O)[O-].[NH-]c1ccccc1-c1[c]cccc1.[Pd+2]. The average molecular weight is 710 g/mol. The summed E-state index contributed by atoms with van der Waals surface area (Å²) in [5.74, 6) is 0. The van der Waals surface area contributed by atoms with E-state index in [1.54, 1.807) is 6.07 Å². The predicted octanol–water partition coefficient (Wildman–Crippen LogP) is 9.12. The molecule has 0 heterocycles. The van der Waals surface area contributed by atoms with Gasteiger partial charge in [0, 0.05) is 31.6 Å². The van der Waals surface area contributed by atoms with Gasteiger partial charge in [-0.15, -0.1) is 5.69 Å². The second-order valence-corrected chi connectivity index (χ2v) is 17.4. The molecule has 0 atom stereocenters.